The van der Waals surface area contributed by atoms with E-state index in [0.717, 1.165) is 0 Å². The Hall–Kier alpha value is -1.78. The Bertz CT molecular complexity index is 492. The molecular weight excluding hydrogens is 242 g/mol. The van der Waals surface area contributed by atoms with Crippen molar-refractivity contribution in [1.82, 2.24) is 4.90 Å². The van der Waals surface area contributed by atoms with E-state index < -0.39 is 12.0 Å². The van der Waals surface area contributed by atoms with Crippen LogP contribution in [-0.2, 0) is 9.59 Å². The quantitative estimate of drug-likeness (QED) is 0.513. The van der Waals surface area contributed by atoms with Crippen molar-refractivity contribution in [2.75, 3.05) is 5.75 Å². The summed E-state index contributed by atoms with van der Waals surface area (Å²) < 4.78 is 0. The number of carbonyl (C=O) groups is 2. The Kier molecular flexibility index (Phi) is 2.92. The monoisotopic (exact) mass is 251 g/mol. The van der Waals surface area contributed by atoms with Crippen molar-refractivity contribution in [3.05, 3.63) is 23.4 Å². The summed E-state index contributed by atoms with van der Waals surface area (Å²) in [5.74, 6) is -1.13. The number of hydrogen-bond donors (Lipinski definition) is 2. The topological polar surface area (TPSA) is 107 Å². The van der Waals surface area contributed by atoms with Gasteiger partial charge >= 0.3 is 5.97 Å². The van der Waals surface area contributed by atoms with E-state index >= 15 is 0 Å². The maximum absolute atomic E-state index is 11.5. The molecule has 88 valence electrons. The number of carboxylic acid groups (broad SMARTS) is 1. The van der Waals surface area contributed by atoms with Gasteiger partial charge in [-0.05, 0) is 11.6 Å². The van der Waals surface area contributed by atoms with Crippen LogP contribution in [0.3, 0.4) is 0 Å². The highest BCUT2D eigenvalue weighted by atomic mass is 32.2. The molecule has 7 heteroatoms. The van der Waals surface area contributed by atoms with Crippen molar-refractivity contribution >= 4 is 23.6 Å². The summed E-state index contributed by atoms with van der Waals surface area (Å²) in [5, 5.41) is 17.3. The molecule has 1 amide bonds. The third kappa shape index (κ3) is 1.71. The number of nitrogens with zero attached hydrogens (tertiary/aromatic N) is 2. The zero-order valence-corrected chi connectivity index (χ0v) is 9.48. The second kappa shape index (κ2) is 4.24. The Balaban J connectivity index is 2.41. The van der Waals surface area contributed by atoms with Crippen molar-refractivity contribution in [1.29, 1.82) is 5.26 Å². The standard InChI is InChI=1S/C10H9N3O3S/c11-3-1-2-5-4-17-9-6(12)8(14)13(9)7(5)10(15)16/h1-2,6,9H,4,12H2,(H,15,16)/t6?,9-/m1/s1. The van der Waals surface area contributed by atoms with E-state index in [4.69, 9.17) is 16.1 Å². The SMILES string of the molecule is N#CC=CC1=C(C(=O)O)N2C(=O)C(N)[C@H]2SC1. The number of amides is 1. The van der Waals surface area contributed by atoms with Gasteiger partial charge in [-0.1, -0.05) is 0 Å². The summed E-state index contributed by atoms with van der Waals surface area (Å²) in [4.78, 5) is 23.9. The van der Waals surface area contributed by atoms with Crippen LogP contribution in [0.1, 0.15) is 0 Å². The molecule has 1 saturated heterocycles. The third-order valence-electron chi connectivity index (χ3n) is 2.60. The number of aliphatic carboxylic acids is 1. The number of carbonyl (C=O) groups excluding carboxylic acids is 1. The Morgan fingerprint density at radius 2 is 2.41 bits per heavy atom. The largest absolute Gasteiger partial charge is 0.477 e. The Labute approximate surface area is 101 Å². The first-order chi connectivity index (χ1) is 8.07. The molecule has 0 bridgehead atoms. The number of thioether (sulfide) groups is 1. The highest BCUT2D eigenvalue weighted by Crippen LogP contribution is 2.39. The van der Waals surface area contributed by atoms with Gasteiger partial charge in [0.05, 0.1) is 6.07 Å². The molecule has 0 aromatic heterocycles. The van der Waals surface area contributed by atoms with Crippen molar-refractivity contribution in [2.45, 2.75) is 11.4 Å². The first kappa shape index (κ1) is 11.7. The second-order valence-corrected chi connectivity index (χ2v) is 4.68. The number of β-lactam (4-membered cyclic amide) rings is 1. The van der Waals surface area contributed by atoms with E-state index in [9.17, 15) is 9.59 Å². The summed E-state index contributed by atoms with van der Waals surface area (Å²) in [6.45, 7) is 0. The fourth-order valence-corrected chi connectivity index (χ4v) is 3.07. The van der Waals surface area contributed by atoms with E-state index in [1.807, 2.05) is 0 Å². The van der Waals surface area contributed by atoms with Gasteiger partial charge in [0.25, 0.3) is 0 Å². The van der Waals surface area contributed by atoms with Crippen LogP contribution in [0, 0.1) is 11.3 Å². The van der Waals surface area contributed by atoms with Crippen LogP contribution in [0.15, 0.2) is 23.4 Å². The van der Waals surface area contributed by atoms with Crippen molar-refractivity contribution in [3.8, 4) is 6.07 Å². The van der Waals surface area contributed by atoms with Crippen LogP contribution in [0.25, 0.3) is 0 Å². The lowest BCUT2D eigenvalue weighted by Crippen LogP contribution is -2.68. The molecule has 2 aliphatic heterocycles. The molecule has 0 aromatic carbocycles. The highest BCUT2D eigenvalue weighted by Gasteiger charge is 2.51. The Morgan fingerprint density at radius 3 is 3.00 bits per heavy atom. The summed E-state index contributed by atoms with van der Waals surface area (Å²) >= 11 is 1.40. The number of nitriles is 1. The normalized spacial score (nSPS) is 27.8. The third-order valence-corrected chi connectivity index (χ3v) is 3.92. The lowest BCUT2D eigenvalue weighted by Gasteiger charge is -2.47. The Morgan fingerprint density at radius 1 is 1.71 bits per heavy atom. The molecule has 0 aromatic rings. The maximum atomic E-state index is 11.5. The minimum atomic E-state index is -1.17. The number of carboxylic acids is 1. The summed E-state index contributed by atoms with van der Waals surface area (Å²) in [6.07, 6.45) is 2.62. The molecule has 6 nitrogen and oxygen atoms in total. The number of allylic oxidation sites excluding steroid dienone is 2. The van der Waals surface area contributed by atoms with Gasteiger partial charge in [-0.2, -0.15) is 5.26 Å². The molecule has 0 saturated carbocycles. The van der Waals surface area contributed by atoms with Crippen LogP contribution in [0.2, 0.25) is 0 Å². The van der Waals surface area contributed by atoms with Crippen LogP contribution in [-0.4, -0.2) is 39.1 Å². The zero-order valence-electron chi connectivity index (χ0n) is 8.66. The summed E-state index contributed by atoms with van der Waals surface area (Å²) in [6, 6.07) is 1.16. The maximum Gasteiger partial charge on any atom is 0.352 e. The van der Waals surface area contributed by atoms with Crippen LogP contribution >= 0.6 is 11.8 Å². The van der Waals surface area contributed by atoms with Crippen LogP contribution < -0.4 is 5.73 Å². The van der Waals surface area contributed by atoms with Crippen molar-refractivity contribution in [2.24, 2.45) is 5.73 Å². The minimum absolute atomic E-state index is 0.0630. The van der Waals surface area contributed by atoms with Crippen LogP contribution in [0.4, 0.5) is 0 Å². The molecule has 17 heavy (non-hydrogen) atoms. The number of hydrogen-bond acceptors (Lipinski definition) is 5. The number of nitrogens with two attached hydrogens (primary N) is 1. The average molecular weight is 251 g/mol. The summed E-state index contributed by atoms with van der Waals surface area (Å²) in [7, 11) is 0. The van der Waals surface area contributed by atoms with Gasteiger partial charge in [-0.25, -0.2) is 4.79 Å². The van der Waals surface area contributed by atoms with Gasteiger partial charge < -0.3 is 10.8 Å². The molecule has 0 radical (unpaired) electrons. The van der Waals surface area contributed by atoms with Gasteiger partial charge in [0.1, 0.15) is 17.1 Å². The first-order valence-corrected chi connectivity index (χ1v) is 5.85. The van der Waals surface area contributed by atoms with Gasteiger partial charge in [0, 0.05) is 11.8 Å². The lowest BCUT2D eigenvalue weighted by atomic mass is 10.0. The van der Waals surface area contributed by atoms with Gasteiger partial charge in [0.2, 0.25) is 5.91 Å². The molecule has 1 unspecified atom stereocenters. The molecule has 2 heterocycles. The van der Waals surface area contributed by atoms with E-state index in [1.165, 1.54) is 28.8 Å². The van der Waals surface area contributed by atoms with Crippen molar-refractivity contribution in [3.63, 3.8) is 0 Å². The van der Waals surface area contributed by atoms with Gasteiger partial charge in [-0.15, -0.1) is 11.8 Å². The molecule has 1 fully saturated rings. The molecule has 2 atom stereocenters. The van der Waals surface area contributed by atoms with Gasteiger partial charge in [-0.3, -0.25) is 9.69 Å². The second-order valence-electron chi connectivity index (χ2n) is 3.58. The van der Waals surface area contributed by atoms with E-state index in [1.54, 1.807) is 6.07 Å². The summed E-state index contributed by atoms with van der Waals surface area (Å²) in [5.41, 5.74) is 5.98. The minimum Gasteiger partial charge on any atom is -0.477 e. The van der Waals surface area contributed by atoms with E-state index in [0.29, 0.717) is 11.3 Å². The average Bonchev–Trinajstić information content (AvgIpc) is 2.33. The smallest absolute Gasteiger partial charge is 0.352 e. The number of fused-ring (bicyclic) bond motifs is 1. The molecular formula is C10H9N3O3S. The predicted molar refractivity (Wildman–Crippen MR) is 60.5 cm³/mol. The fraction of sp³-hybridized carbons (Fsp3) is 0.300. The highest BCUT2D eigenvalue weighted by molar-refractivity contribution is 8.00. The number of rotatable bonds is 2. The molecule has 0 aliphatic carbocycles. The first-order valence-electron chi connectivity index (χ1n) is 4.80. The molecule has 2 rings (SSSR count). The van der Waals surface area contributed by atoms with Crippen molar-refractivity contribution < 1.29 is 14.7 Å². The zero-order chi connectivity index (χ0) is 12.6. The van der Waals surface area contributed by atoms with Crippen LogP contribution in [0.5, 0.6) is 0 Å². The van der Waals surface area contributed by atoms with E-state index in [2.05, 4.69) is 0 Å². The predicted octanol–water partition coefficient (Wildman–Crippen LogP) is -0.353. The molecule has 2 aliphatic rings. The van der Waals surface area contributed by atoms with E-state index in [-0.39, 0.29) is 17.0 Å². The molecule has 3 N–H and O–H groups in total. The molecule has 0 spiro atoms. The van der Waals surface area contributed by atoms with Gasteiger partial charge in [0.15, 0.2) is 0 Å². The fourth-order valence-electron chi connectivity index (χ4n) is 1.81. The lowest BCUT2D eigenvalue weighted by molar-refractivity contribution is -0.147.